The van der Waals surface area contributed by atoms with Crippen LogP contribution in [0, 0.1) is 0 Å². The molecule has 2 unspecified atom stereocenters. The van der Waals surface area contributed by atoms with Gasteiger partial charge in [-0.25, -0.2) is 4.79 Å². The summed E-state index contributed by atoms with van der Waals surface area (Å²) in [5.74, 6) is 0.133. The molecule has 1 aliphatic heterocycles. The first kappa shape index (κ1) is 19.7. The highest BCUT2D eigenvalue weighted by atomic mass is 16.3. The maximum Gasteiger partial charge on any atom is 0.317 e. The van der Waals surface area contributed by atoms with Crippen molar-refractivity contribution in [2.45, 2.75) is 45.1 Å². The summed E-state index contributed by atoms with van der Waals surface area (Å²) in [7, 11) is 0. The van der Waals surface area contributed by atoms with Gasteiger partial charge >= 0.3 is 6.03 Å². The normalized spacial score (nSPS) is 18.4. The Kier molecular flexibility index (Phi) is 8.22. The molecule has 0 saturated carbocycles. The molecule has 1 aliphatic rings. The van der Waals surface area contributed by atoms with Crippen molar-refractivity contribution < 1.29 is 9.90 Å². The van der Waals surface area contributed by atoms with Crippen molar-refractivity contribution in [3.05, 3.63) is 35.9 Å². The summed E-state index contributed by atoms with van der Waals surface area (Å²) >= 11 is 0. The second-order valence-corrected chi connectivity index (χ2v) is 7.06. The fraction of sp³-hybridized carbons (Fsp3) is 0.650. The molecule has 140 valence electrons. The van der Waals surface area contributed by atoms with E-state index in [1.54, 1.807) is 6.92 Å². The zero-order chi connectivity index (χ0) is 18.1. The predicted octanol–water partition coefficient (Wildman–Crippen LogP) is 2.67. The van der Waals surface area contributed by atoms with E-state index < -0.39 is 0 Å². The van der Waals surface area contributed by atoms with Crippen LogP contribution in [0.4, 0.5) is 4.79 Å². The van der Waals surface area contributed by atoms with Crippen molar-refractivity contribution in [2.24, 2.45) is 0 Å². The van der Waals surface area contributed by atoms with Gasteiger partial charge in [0.05, 0.1) is 6.10 Å². The van der Waals surface area contributed by atoms with Gasteiger partial charge in [0, 0.05) is 32.1 Å². The van der Waals surface area contributed by atoms with Crippen LogP contribution in [0.15, 0.2) is 30.3 Å². The standard InChI is InChI=1S/C20H33N3O2/c1-3-10-22-11-7-12-23(14-13-22)20(25)21-16-19(15-17(2)24)18-8-5-4-6-9-18/h4-6,8-9,17,19,24H,3,7,10-16H2,1-2H3,(H,21,25). The predicted molar refractivity (Wildman–Crippen MR) is 102 cm³/mol. The molecule has 1 saturated heterocycles. The molecule has 1 aromatic rings. The van der Waals surface area contributed by atoms with Gasteiger partial charge in [0.15, 0.2) is 0 Å². The fourth-order valence-electron chi connectivity index (χ4n) is 3.51. The Bertz CT molecular complexity index is 507. The monoisotopic (exact) mass is 347 g/mol. The molecule has 5 heteroatoms. The lowest BCUT2D eigenvalue weighted by atomic mass is 9.93. The number of aliphatic hydroxyl groups excluding tert-OH is 1. The number of urea groups is 1. The third kappa shape index (κ3) is 6.67. The highest BCUT2D eigenvalue weighted by molar-refractivity contribution is 5.74. The maximum absolute atomic E-state index is 12.6. The molecule has 1 heterocycles. The van der Waals surface area contributed by atoms with Gasteiger partial charge in [-0.05, 0) is 44.8 Å². The lowest BCUT2D eigenvalue weighted by Gasteiger charge is -2.24. The van der Waals surface area contributed by atoms with E-state index in [9.17, 15) is 9.90 Å². The van der Waals surface area contributed by atoms with Gasteiger partial charge in [-0.2, -0.15) is 0 Å². The molecule has 2 N–H and O–H groups in total. The van der Waals surface area contributed by atoms with E-state index in [-0.39, 0.29) is 18.1 Å². The molecule has 25 heavy (non-hydrogen) atoms. The molecular weight excluding hydrogens is 314 g/mol. The van der Waals surface area contributed by atoms with E-state index in [4.69, 9.17) is 0 Å². The number of nitrogens with one attached hydrogen (secondary N) is 1. The number of amides is 2. The lowest BCUT2D eigenvalue weighted by molar-refractivity contribution is 0.170. The van der Waals surface area contributed by atoms with Gasteiger partial charge in [-0.1, -0.05) is 37.3 Å². The van der Waals surface area contributed by atoms with Gasteiger partial charge in [-0.15, -0.1) is 0 Å². The molecular formula is C20H33N3O2. The average molecular weight is 348 g/mol. The first-order chi connectivity index (χ1) is 12.1. The van der Waals surface area contributed by atoms with E-state index in [0.717, 1.165) is 51.1 Å². The first-order valence-electron chi connectivity index (χ1n) is 9.58. The summed E-state index contributed by atoms with van der Waals surface area (Å²) in [5.41, 5.74) is 1.16. The minimum Gasteiger partial charge on any atom is -0.393 e. The van der Waals surface area contributed by atoms with E-state index in [2.05, 4.69) is 29.3 Å². The van der Waals surface area contributed by atoms with Crippen LogP contribution in [0.5, 0.6) is 0 Å². The first-order valence-corrected chi connectivity index (χ1v) is 9.58. The number of nitrogens with zero attached hydrogens (tertiary/aromatic N) is 2. The van der Waals surface area contributed by atoms with Crippen LogP contribution in [0.1, 0.15) is 44.6 Å². The molecule has 2 atom stereocenters. The highest BCUT2D eigenvalue weighted by Crippen LogP contribution is 2.20. The number of aliphatic hydroxyl groups is 1. The van der Waals surface area contributed by atoms with Crippen molar-refractivity contribution in [3.63, 3.8) is 0 Å². The molecule has 0 aromatic heterocycles. The van der Waals surface area contributed by atoms with Crippen molar-refractivity contribution in [3.8, 4) is 0 Å². The summed E-state index contributed by atoms with van der Waals surface area (Å²) in [6.45, 7) is 9.30. The quantitative estimate of drug-likeness (QED) is 0.797. The third-order valence-electron chi connectivity index (χ3n) is 4.81. The Morgan fingerprint density at radius 1 is 1.20 bits per heavy atom. The Morgan fingerprint density at radius 3 is 2.64 bits per heavy atom. The molecule has 5 nitrogen and oxygen atoms in total. The van der Waals surface area contributed by atoms with E-state index in [1.807, 2.05) is 23.1 Å². The van der Waals surface area contributed by atoms with Gasteiger partial charge in [-0.3, -0.25) is 0 Å². The van der Waals surface area contributed by atoms with E-state index >= 15 is 0 Å². The van der Waals surface area contributed by atoms with Crippen LogP contribution < -0.4 is 5.32 Å². The SMILES string of the molecule is CCCN1CCCN(C(=O)NCC(CC(C)O)c2ccccc2)CC1. The minimum absolute atomic E-state index is 0.0184. The van der Waals surface area contributed by atoms with Crippen molar-refractivity contribution in [1.82, 2.24) is 15.1 Å². The molecule has 2 rings (SSSR count). The van der Waals surface area contributed by atoms with Gasteiger partial charge in [0.2, 0.25) is 0 Å². The Balaban J connectivity index is 1.87. The summed E-state index contributed by atoms with van der Waals surface area (Å²) in [5, 5.41) is 12.9. The molecule has 0 radical (unpaired) electrons. The second kappa shape index (κ2) is 10.4. The van der Waals surface area contributed by atoms with E-state index in [1.165, 1.54) is 0 Å². The molecule has 0 spiro atoms. The summed E-state index contributed by atoms with van der Waals surface area (Å²) in [6.07, 6.45) is 2.45. The highest BCUT2D eigenvalue weighted by Gasteiger charge is 2.20. The molecule has 1 aromatic carbocycles. The van der Waals surface area contributed by atoms with Crippen molar-refractivity contribution in [2.75, 3.05) is 39.3 Å². The van der Waals surface area contributed by atoms with Crippen molar-refractivity contribution in [1.29, 1.82) is 0 Å². The maximum atomic E-state index is 12.6. The van der Waals surface area contributed by atoms with Crippen LogP contribution in [0.25, 0.3) is 0 Å². The number of rotatable bonds is 7. The Labute approximate surface area is 152 Å². The number of hydrogen-bond donors (Lipinski definition) is 2. The summed E-state index contributed by atoms with van der Waals surface area (Å²) < 4.78 is 0. The van der Waals surface area contributed by atoms with Crippen molar-refractivity contribution >= 4 is 6.03 Å². The zero-order valence-corrected chi connectivity index (χ0v) is 15.7. The Hall–Kier alpha value is -1.59. The number of carbonyl (C=O) groups excluding carboxylic acids is 1. The topological polar surface area (TPSA) is 55.8 Å². The Morgan fingerprint density at radius 2 is 1.96 bits per heavy atom. The zero-order valence-electron chi connectivity index (χ0n) is 15.7. The number of benzene rings is 1. The smallest absolute Gasteiger partial charge is 0.317 e. The number of carbonyl (C=O) groups is 1. The minimum atomic E-state index is -0.386. The van der Waals surface area contributed by atoms with Crippen LogP contribution in [-0.4, -0.2) is 66.3 Å². The largest absolute Gasteiger partial charge is 0.393 e. The molecule has 1 fully saturated rings. The van der Waals surface area contributed by atoms with Gasteiger partial charge in [0.25, 0.3) is 0 Å². The van der Waals surface area contributed by atoms with Crippen LogP contribution in [-0.2, 0) is 0 Å². The molecule has 2 amide bonds. The lowest BCUT2D eigenvalue weighted by Crippen LogP contribution is -2.43. The third-order valence-corrected chi connectivity index (χ3v) is 4.81. The van der Waals surface area contributed by atoms with Crippen LogP contribution in [0.2, 0.25) is 0 Å². The van der Waals surface area contributed by atoms with E-state index in [0.29, 0.717) is 13.0 Å². The summed E-state index contributed by atoms with van der Waals surface area (Å²) in [6, 6.07) is 10.1. The summed E-state index contributed by atoms with van der Waals surface area (Å²) in [4.78, 5) is 16.9. The van der Waals surface area contributed by atoms with Gasteiger partial charge in [0.1, 0.15) is 0 Å². The molecule has 0 bridgehead atoms. The second-order valence-electron chi connectivity index (χ2n) is 7.06. The number of hydrogen-bond acceptors (Lipinski definition) is 3. The van der Waals surface area contributed by atoms with Gasteiger partial charge < -0.3 is 20.2 Å². The fourth-order valence-corrected chi connectivity index (χ4v) is 3.51. The van der Waals surface area contributed by atoms with Crippen LogP contribution >= 0.6 is 0 Å². The van der Waals surface area contributed by atoms with Crippen LogP contribution in [0.3, 0.4) is 0 Å². The molecule has 0 aliphatic carbocycles. The average Bonchev–Trinajstić information content (AvgIpc) is 2.85.